The van der Waals surface area contributed by atoms with Crippen LogP contribution < -0.4 is 5.32 Å². The number of carbonyl (C=O) groups is 3. The van der Waals surface area contributed by atoms with Gasteiger partial charge in [0, 0.05) is 30.2 Å². The van der Waals surface area contributed by atoms with Gasteiger partial charge in [0.1, 0.15) is 5.82 Å². The highest BCUT2D eigenvalue weighted by molar-refractivity contribution is 6.34. The molecule has 2 fully saturated rings. The van der Waals surface area contributed by atoms with Crippen LogP contribution >= 0.6 is 11.6 Å². The highest BCUT2D eigenvalue weighted by Crippen LogP contribution is 2.34. The predicted molar refractivity (Wildman–Crippen MR) is 168 cm³/mol. The van der Waals surface area contributed by atoms with Gasteiger partial charge in [-0.05, 0) is 68.2 Å². The largest absolute Gasteiger partial charge is 0.469 e. The lowest BCUT2D eigenvalue weighted by molar-refractivity contribution is -0.148. The van der Waals surface area contributed by atoms with Crippen LogP contribution in [0.1, 0.15) is 68.3 Å². The zero-order valence-corrected chi connectivity index (χ0v) is 26.5. The number of para-hydroxylation sites is 1. The number of aryl methyl sites for hydroxylation is 1. The second kappa shape index (κ2) is 13.7. The summed E-state index contributed by atoms with van der Waals surface area (Å²) in [5, 5.41) is 3.68. The molecular weight excluding hydrogens is 585 g/mol. The number of ether oxygens (including phenoxy) is 2. The lowest BCUT2D eigenvalue weighted by Crippen LogP contribution is -2.46. The monoisotopic (exact) mass is 625 g/mol. The number of carbonyl (C=O) groups excluding carboxylic acids is 3. The number of rotatable bonds is 9. The van der Waals surface area contributed by atoms with E-state index < -0.39 is 11.7 Å². The first-order chi connectivity index (χ1) is 21.1. The Balaban J connectivity index is 1.24. The number of fused-ring (bicyclic) bond motifs is 1. The Kier molecular flexibility index (Phi) is 9.95. The number of anilines is 1. The summed E-state index contributed by atoms with van der Waals surface area (Å²) in [6.45, 7) is 4.59. The van der Waals surface area contributed by atoms with Crippen LogP contribution in [0.4, 0.5) is 10.1 Å². The number of nitrogens with one attached hydrogen (secondary N) is 1. The van der Waals surface area contributed by atoms with E-state index in [4.69, 9.17) is 21.1 Å². The number of halogens is 2. The van der Waals surface area contributed by atoms with E-state index in [2.05, 4.69) is 19.2 Å². The number of aromatic nitrogens is 1. The Labute approximate surface area is 262 Å². The van der Waals surface area contributed by atoms with Crippen molar-refractivity contribution in [2.75, 3.05) is 19.0 Å². The third-order valence-corrected chi connectivity index (χ3v) is 9.52. The van der Waals surface area contributed by atoms with E-state index in [1.807, 2.05) is 40.8 Å². The molecule has 8 nitrogen and oxygen atoms in total. The Hall–Kier alpha value is -3.43. The number of amides is 2. The average Bonchev–Trinajstić information content (AvgIpc) is 3.60. The Morgan fingerprint density at radius 2 is 1.80 bits per heavy atom. The van der Waals surface area contributed by atoms with E-state index in [-0.39, 0.29) is 64.6 Å². The molecule has 2 heterocycles. The van der Waals surface area contributed by atoms with E-state index >= 15 is 4.39 Å². The predicted octanol–water partition coefficient (Wildman–Crippen LogP) is 6.53. The molecule has 0 unspecified atom stereocenters. The van der Waals surface area contributed by atoms with Gasteiger partial charge in [-0.3, -0.25) is 14.4 Å². The fraction of sp³-hybridized carbons (Fsp3) is 0.500. The van der Waals surface area contributed by atoms with Crippen LogP contribution in [-0.2, 0) is 32.5 Å². The Morgan fingerprint density at radius 1 is 1.07 bits per heavy atom. The summed E-state index contributed by atoms with van der Waals surface area (Å²) in [7, 11) is 3.28. The van der Waals surface area contributed by atoms with Crippen molar-refractivity contribution < 1.29 is 28.2 Å². The quantitative estimate of drug-likeness (QED) is 0.273. The molecule has 1 aliphatic heterocycles. The van der Waals surface area contributed by atoms with Gasteiger partial charge in [-0.15, -0.1) is 0 Å². The van der Waals surface area contributed by atoms with Gasteiger partial charge in [0.25, 0.3) is 5.91 Å². The number of methoxy groups -OCH3 is 1. The van der Waals surface area contributed by atoms with E-state index in [0.717, 1.165) is 49.4 Å². The van der Waals surface area contributed by atoms with E-state index in [1.54, 1.807) is 6.20 Å². The van der Waals surface area contributed by atoms with Crippen LogP contribution in [0.25, 0.3) is 10.9 Å². The molecule has 1 saturated heterocycles. The first-order valence-electron chi connectivity index (χ1n) is 15.4. The molecule has 1 saturated carbocycles. The van der Waals surface area contributed by atoms with Gasteiger partial charge in [-0.25, -0.2) is 4.39 Å². The number of benzene rings is 2. The summed E-state index contributed by atoms with van der Waals surface area (Å²) < 4.78 is 28.4. The molecule has 1 aromatic heterocycles. The van der Waals surface area contributed by atoms with Crippen molar-refractivity contribution in [3.63, 3.8) is 0 Å². The molecule has 0 radical (unpaired) electrons. The zero-order valence-electron chi connectivity index (χ0n) is 25.8. The van der Waals surface area contributed by atoms with Crippen molar-refractivity contribution in [2.24, 2.45) is 18.9 Å². The molecule has 0 spiro atoms. The van der Waals surface area contributed by atoms with Gasteiger partial charge in [0.05, 0.1) is 54.5 Å². The van der Waals surface area contributed by atoms with E-state index in [9.17, 15) is 14.4 Å². The van der Waals surface area contributed by atoms with Crippen molar-refractivity contribution in [1.82, 2.24) is 9.47 Å². The van der Waals surface area contributed by atoms with Crippen LogP contribution in [0.3, 0.4) is 0 Å². The first-order valence-corrected chi connectivity index (χ1v) is 15.8. The molecule has 10 heteroatoms. The van der Waals surface area contributed by atoms with Gasteiger partial charge in [0.2, 0.25) is 5.91 Å². The summed E-state index contributed by atoms with van der Waals surface area (Å²) in [6, 6.07) is 10.1. The van der Waals surface area contributed by atoms with Crippen LogP contribution in [0.5, 0.6) is 0 Å². The smallest absolute Gasteiger partial charge is 0.308 e. The zero-order chi connectivity index (χ0) is 31.5. The van der Waals surface area contributed by atoms with Crippen LogP contribution in [-0.4, -0.2) is 59.2 Å². The fourth-order valence-electron chi connectivity index (χ4n) is 6.78. The van der Waals surface area contributed by atoms with E-state index in [1.165, 1.54) is 19.2 Å². The maximum atomic E-state index is 15.4. The molecule has 0 bridgehead atoms. The molecule has 44 heavy (non-hydrogen) atoms. The van der Waals surface area contributed by atoms with Gasteiger partial charge in [-0.1, -0.05) is 43.6 Å². The molecule has 5 rings (SSSR count). The van der Waals surface area contributed by atoms with Crippen LogP contribution in [0.2, 0.25) is 5.02 Å². The number of esters is 1. The molecule has 1 N–H and O–H groups in total. The molecule has 1 aliphatic carbocycles. The molecule has 2 aromatic carbocycles. The van der Waals surface area contributed by atoms with Gasteiger partial charge in [0.15, 0.2) is 0 Å². The standard InChI is InChI=1S/C34H41ClFN3O5/c1-20(2)30-14-11-23(19-44-24-12-9-21(10-13-24)34(42)43-4)39(30)32(40)16-22-15-27(35)29(17-28(22)36)37-33(41)26-18-38(3)31-8-6-5-7-25(26)31/h5-8,15,17-18,20-21,23-24,30H,9-14,16,19H2,1-4H3,(H,37,41)/t21?,23-,24?,30+/m0/s1. The Morgan fingerprint density at radius 3 is 2.50 bits per heavy atom. The average molecular weight is 626 g/mol. The highest BCUT2D eigenvalue weighted by atomic mass is 35.5. The maximum absolute atomic E-state index is 15.4. The van der Waals surface area contributed by atoms with E-state index in [0.29, 0.717) is 12.2 Å². The first kappa shape index (κ1) is 32.0. The van der Waals surface area contributed by atoms with Crippen LogP contribution in [0.15, 0.2) is 42.6 Å². The lowest BCUT2D eigenvalue weighted by atomic mass is 9.87. The number of likely N-dealkylation sites (tertiary alicyclic amines) is 1. The molecule has 3 aromatic rings. The number of nitrogens with zero attached hydrogens (tertiary/aromatic N) is 2. The normalized spacial score (nSPS) is 22.0. The Bertz CT molecular complexity index is 1530. The summed E-state index contributed by atoms with van der Waals surface area (Å²) in [6.07, 6.45) is 6.32. The summed E-state index contributed by atoms with van der Waals surface area (Å²) in [5.74, 6) is -1.18. The van der Waals surface area contributed by atoms with Gasteiger partial charge < -0.3 is 24.3 Å². The molecule has 236 valence electrons. The summed E-state index contributed by atoms with van der Waals surface area (Å²) in [4.78, 5) is 40.6. The fourth-order valence-corrected chi connectivity index (χ4v) is 7.02. The second-order valence-electron chi connectivity index (χ2n) is 12.4. The third-order valence-electron chi connectivity index (χ3n) is 9.20. The lowest BCUT2D eigenvalue weighted by Gasteiger charge is -2.34. The van der Waals surface area contributed by atoms with Crippen molar-refractivity contribution in [3.05, 3.63) is 64.6 Å². The molecule has 2 aliphatic rings. The van der Waals surface area contributed by atoms with Crippen molar-refractivity contribution in [3.8, 4) is 0 Å². The summed E-state index contributed by atoms with van der Waals surface area (Å²) >= 11 is 6.52. The van der Waals surface area contributed by atoms with Crippen molar-refractivity contribution >= 4 is 46.0 Å². The maximum Gasteiger partial charge on any atom is 0.308 e. The highest BCUT2D eigenvalue weighted by Gasteiger charge is 2.39. The summed E-state index contributed by atoms with van der Waals surface area (Å²) in [5.41, 5.74) is 1.68. The third kappa shape index (κ3) is 6.79. The molecular formula is C34H41ClFN3O5. The minimum absolute atomic E-state index is 0.0314. The SMILES string of the molecule is COC(=O)C1CCC(OC[C@@H]2CC[C@H](C(C)C)N2C(=O)Cc2cc(Cl)c(NC(=O)c3cn(C)c4ccccc34)cc2F)CC1. The minimum Gasteiger partial charge on any atom is -0.469 e. The number of hydrogen-bond acceptors (Lipinski definition) is 5. The number of hydrogen-bond donors (Lipinski definition) is 1. The van der Waals surface area contributed by atoms with Crippen LogP contribution in [0, 0.1) is 17.7 Å². The van der Waals surface area contributed by atoms with Crippen molar-refractivity contribution in [1.29, 1.82) is 0 Å². The second-order valence-corrected chi connectivity index (χ2v) is 12.8. The molecule has 2 amide bonds. The molecule has 2 atom stereocenters. The van der Waals surface area contributed by atoms with Gasteiger partial charge >= 0.3 is 5.97 Å². The topological polar surface area (TPSA) is 89.9 Å². The van der Waals surface area contributed by atoms with Crippen molar-refractivity contribution in [2.45, 2.75) is 77.0 Å². The minimum atomic E-state index is -0.605. The van der Waals surface area contributed by atoms with Gasteiger partial charge in [-0.2, -0.15) is 0 Å².